The van der Waals surface area contributed by atoms with E-state index >= 15 is 0 Å². The molecule has 2 aromatic carbocycles. The molecule has 2 aromatic rings. The van der Waals surface area contributed by atoms with Crippen LogP contribution in [-0.4, -0.2) is 0 Å². The van der Waals surface area contributed by atoms with Crippen LogP contribution < -0.4 is 0 Å². The van der Waals surface area contributed by atoms with Crippen molar-refractivity contribution in [1.82, 2.24) is 0 Å². The van der Waals surface area contributed by atoms with E-state index in [4.69, 9.17) is 11.6 Å². The van der Waals surface area contributed by atoms with Gasteiger partial charge in [-0.3, -0.25) is 0 Å². The highest BCUT2D eigenvalue weighted by Crippen LogP contribution is 2.36. The van der Waals surface area contributed by atoms with Crippen molar-refractivity contribution < 1.29 is 8.78 Å². The Hall–Kier alpha value is -0.930. The summed E-state index contributed by atoms with van der Waals surface area (Å²) in [5.41, 5.74) is 2.16. The van der Waals surface area contributed by atoms with Gasteiger partial charge in [-0.15, -0.1) is 0 Å². The number of hydrogen-bond acceptors (Lipinski definition) is 0. The Labute approximate surface area is 118 Å². The third-order valence-electron chi connectivity index (χ3n) is 2.71. The molecule has 0 nitrogen and oxygen atoms in total. The summed E-state index contributed by atoms with van der Waals surface area (Å²) in [5.74, 6) is -0.623. The number of rotatable bonds is 2. The maximum Gasteiger partial charge on any atom is 0.127 e. The molecule has 0 N–H and O–H groups in total. The summed E-state index contributed by atoms with van der Waals surface area (Å²) in [7, 11) is 0. The number of alkyl halides is 1. The van der Waals surface area contributed by atoms with Gasteiger partial charge in [-0.05, 0) is 41.8 Å². The summed E-state index contributed by atoms with van der Waals surface area (Å²) in [6, 6.07) is 9.10. The zero-order chi connectivity index (χ0) is 13.3. The van der Waals surface area contributed by atoms with Gasteiger partial charge in [-0.1, -0.05) is 45.7 Å². The first-order valence-corrected chi connectivity index (χ1v) is 6.63. The third-order valence-corrected chi connectivity index (χ3v) is 4.06. The summed E-state index contributed by atoms with van der Waals surface area (Å²) in [5, 5.41) is 0.351. The second-order valence-electron chi connectivity index (χ2n) is 4.04. The van der Waals surface area contributed by atoms with Gasteiger partial charge in [0.1, 0.15) is 11.6 Å². The normalized spacial score (nSPS) is 12.5. The Kier molecular flexibility index (Phi) is 4.03. The van der Waals surface area contributed by atoms with Gasteiger partial charge in [0.2, 0.25) is 0 Å². The van der Waals surface area contributed by atoms with Crippen molar-refractivity contribution >= 4 is 27.5 Å². The first kappa shape index (κ1) is 13.5. The van der Waals surface area contributed by atoms with Crippen molar-refractivity contribution in [1.29, 1.82) is 0 Å². The molecule has 0 bridgehead atoms. The van der Waals surface area contributed by atoms with Gasteiger partial charge in [0.25, 0.3) is 0 Å². The number of hydrogen-bond donors (Lipinski definition) is 0. The zero-order valence-electron chi connectivity index (χ0n) is 9.55. The summed E-state index contributed by atoms with van der Waals surface area (Å²) in [6.07, 6.45) is 0. The Balaban J connectivity index is 2.42. The van der Waals surface area contributed by atoms with Crippen LogP contribution in [0, 0.1) is 18.6 Å². The Morgan fingerprint density at radius 2 is 1.72 bits per heavy atom. The molecule has 18 heavy (non-hydrogen) atoms. The van der Waals surface area contributed by atoms with Gasteiger partial charge < -0.3 is 0 Å². The Morgan fingerprint density at radius 1 is 1.11 bits per heavy atom. The average Bonchev–Trinajstić information content (AvgIpc) is 2.34. The molecule has 0 fully saturated rings. The van der Waals surface area contributed by atoms with E-state index in [-0.39, 0.29) is 16.5 Å². The Bertz CT molecular complexity index is 567. The zero-order valence-corrected chi connectivity index (χ0v) is 11.9. The fourth-order valence-corrected chi connectivity index (χ4v) is 2.76. The topological polar surface area (TPSA) is 0 Å². The van der Waals surface area contributed by atoms with Gasteiger partial charge in [0, 0.05) is 5.02 Å². The van der Waals surface area contributed by atoms with E-state index < -0.39 is 0 Å². The molecule has 0 aliphatic carbocycles. The molecule has 0 saturated carbocycles. The predicted molar refractivity (Wildman–Crippen MR) is 73.3 cm³/mol. The van der Waals surface area contributed by atoms with E-state index in [2.05, 4.69) is 15.9 Å². The van der Waals surface area contributed by atoms with Crippen molar-refractivity contribution in [2.45, 2.75) is 11.8 Å². The first-order chi connectivity index (χ1) is 8.49. The van der Waals surface area contributed by atoms with Gasteiger partial charge >= 0.3 is 0 Å². The number of halogens is 4. The maximum absolute atomic E-state index is 13.3. The van der Waals surface area contributed by atoms with E-state index in [1.54, 1.807) is 25.1 Å². The molecule has 0 spiro atoms. The number of benzene rings is 2. The molecule has 1 unspecified atom stereocenters. The van der Waals surface area contributed by atoms with Gasteiger partial charge in [0.15, 0.2) is 0 Å². The van der Waals surface area contributed by atoms with E-state index in [0.29, 0.717) is 10.6 Å². The molecule has 1 atom stereocenters. The first-order valence-electron chi connectivity index (χ1n) is 5.34. The van der Waals surface area contributed by atoms with Gasteiger partial charge in [0.05, 0.1) is 4.83 Å². The number of aryl methyl sites for hydroxylation is 1. The van der Waals surface area contributed by atoms with Crippen molar-refractivity contribution in [3.63, 3.8) is 0 Å². The standard InChI is InChI=1S/C14H10BrClF2/c1-8-6-11(12(16)7-13(8)18)14(15)9-2-4-10(17)5-3-9/h2-7,14H,1H3. The quantitative estimate of drug-likeness (QED) is 0.645. The van der Waals surface area contributed by atoms with Crippen LogP contribution in [0.4, 0.5) is 8.78 Å². The summed E-state index contributed by atoms with van der Waals surface area (Å²) in [6.45, 7) is 1.68. The molecule has 0 aliphatic rings. The SMILES string of the molecule is Cc1cc(C(Br)c2ccc(F)cc2)c(Cl)cc1F. The van der Waals surface area contributed by atoms with Crippen molar-refractivity contribution in [2.75, 3.05) is 0 Å². The van der Waals surface area contributed by atoms with Crippen LogP contribution in [0.3, 0.4) is 0 Å². The molecule has 0 amide bonds. The molecular weight excluding hydrogens is 322 g/mol. The molecule has 2 rings (SSSR count). The van der Waals surface area contributed by atoms with Crippen LogP contribution in [-0.2, 0) is 0 Å². The van der Waals surface area contributed by atoms with Crippen LogP contribution in [0.25, 0.3) is 0 Å². The van der Waals surface area contributed by atoms with Gasteiger partial charge in [-0.25, -0.2) is 8.78 Å². The smallest absolute Gasteiger partial charge is 0.127 e. The second kappa shape index (κ2) is 5.37. The summed E-state index contributed by atoms with van der Waals surface area (Å²) >= 11 is 9.53. The van der Waals surface area contributed by atoms with Crippen molar-refractivity contribution in [3.8, 4) is 0 Å². The van der Waals surface area contributed by atoms with Crippen LogP contribution >= 0.6 is 27.5 Å². The monoisotopic (exact) mass is 330 g/mol. The van der Waals surface area contributed by atoms with Crippen molar-refractivity contribution in [2.24, 2.45) is 0 Å². The molecule has 0 radical (unpaired) electrons. The van der Waals surface area contributed by atoms with Crippen LogP contribution in [0.5, 0.6) is 0 Å². The molecule has 0 aromatic heterocycles. The minimum atomic E-state index is -0.331. The molecule has 0 saturated heterocycles. The second-order valence-corrected chi connectivity index (χ2v) is 5.36. The summed E-state index contributed by atoms with van der Waals surface area (Å²) in [4.78, 5) is -0.190. The lowest BCUT2D eigenvalue weighted by Gasteiger charge is -2.14. The lowest BCUT2D eigenvalue weighted by molar-refractivity contribution is 0.618. The van der Waals surface area contributed by atoms with Gasteiger partial charge in [-0.2, -0.15) is 0 Å². The van der Waals surface area contributed by atoms with E-state index in [1.165, 1.54) is 18.2 Å². The van der Waals surface area contributed by atoms with E-state index in [9.17, 15) is 8.78 Å². The fraction of sp³-hybridized carbons (Fsp3) is 0.143. The highest BCUT2D eigenvalue weighted by Gasteiger charge is 2.15. The van der Waals surface area contributed by atoms with Crippen LogP contribution in [0.1, 0.15) is 21.5 Å². The van der Waals surface area contributed by atoms with E-state index in [0.717, 1.165) is 11.1 Å². The molecular formula is C14H10BrClF2. The third kappa shape index (κ3) is 2.73. The molecule has 0 aliphatic heterocycles. The fourth-order valence-electron chi connectivity index (χ4n) is 1.69. The van der Waals surface area contributed by atoms with Crippen molar-refractivity contribution in [3.05, 3.63) is 69.7 Å². The van der Waals surface area contributed by atoms with E-state index in [1.807, 2.05) is 0 Å². The molecule has 4 heteroatoms. The minimum Gasteiger partial charge on any atom is -0.207 e. The lowest BCUT2D eigenvalue weighted by Crippen LogP contribution is -1.96. The molecule has 94 valence electrons. The lowest BCUT2D eigenvalue weighted by atomic mass is 10.0. The van der Waals surface area contributed by atoms with Crippen LogP contribution in [0.2, 0.25) is 5.02 Å². The highest BCUT2D eigenvalue weighted by molar-refractivity contribution is 9.09. The Morgan fingerprint density at radius 3 is 2.33 bits per heavy atom. The average molecular weight is 332 g/mol. The molecule has 0 heterocycles. The predicted octanol–water partition coefficient (Wildman–Crippen LogP) is 5.41. The highest BCUT2D eigenvalue weighted by atomic mass is 79.9. The van der Waals surface area contributed by atoms with Crippen LogP contribution in [0.15, 0.2) is 36.4 Å². The summed E-state index contributed by atoms with van der Waals surface area (Å²) < 4.78 is 26.2. The largest absolute Gasteiger partial charge is 0.207 e. The minimum absolute atomic E-state index is 0.190. The maximum atomic E-state index is 13.3.